The molecule has 5 rings (SSSR count). The largest absolute Gasteiger partial charge is 0.465 e. The van der Waals surface area contributed by atoms with Gasteiger partial charge in [0.15, 0.2) is 0 Å². The Kier molecular flexibility index (Phi) is 6.03. The number of halogens is 1. The summed E-state index contributed by atoms with van der Waals surface area (Å²) < 4.78 is 4.74. The summed E-state index contributed by atoms with van der Waals surface area (Å²) in [5.74, 6) is 1.05. The number of rotatable bonds is 6. The van der Waals surface area contributed by atoms with E-state index in [1.807, 2.05) is 13.8 Å². The highest BCUT2D eigenvalue weighted by molar-refractivity contribution is 6.34. The molecule has 0 spiro atoms. The van der Waals surface area contributed by atoms with Crippen LogP contribution in [0.3, 0.4) is 0 Å². The van der Waals surface area contributed by atoms with Crippen LogP contribution in [0.4, 0.5) is 5.69 Å². The first-order valence-corrected chi connectivity index (χ1v) is 11.6. The van der Waals surface area contributed by atoms with Crippen LogP contribution < -0.4 is 10.6 Å². The van der Waals surface area contributed by atoms with Crippen molar-refractivity contribution in [2.45, 2.75) is 58.4 Å². The standard InChI is InChI=1S/C24H31ClN2O4/c1-13(2)20(21(28)26-19-9-17(22(29)31-3)4-5-18(19)25)27-23(30)24-10-14-6-15(11-24)8-16(7-14)12-24/h4-5,9,13-16,20H,6-8,10-12H2,1-3H3,(H,26,28)(H,27,30). The molecule has 1 atom stereocenters. The number of amides is 2. The Morgan fingerprint density at radius 2 is 1.65 bits per heavy atom. The van der Waals surface area contributed by atoms with Gasteiger partial charge in [0.25, 0.3) is 0 Å². The van der Waals surface area contributed by atoms with Crippen LogP contribution in [0.15, 0.2) is 18.2 Å². The molecule has 2 amide bonds. The Morgan fingerprint density at radius 1 is 1.06 bits per heavy atom. The van der Waals surface area contributed by atoms with Gasteiger partial charge in [0, 0.05) is 5.41 Å². The van der Waals surface area contributed by atoms with E-state index < -0.39 is 12.0 Å². The number of anilines is 1. The predicted molar refractivity (Wildman–Crippen MR) is 119 cm³/mol. The zero-order chi connectivity index (χ0) is 22.3. The molecule has 2 N–H and O–H groups in total. The lowest BCUT2D eigenvalue weighted by molar-refractivity contribution is -0.148. The molecular formula is C24H31ClN2O4. The summed E-state index contributed by atoms with van der Waals surface area (Å²) in [7, 11) is 1.30. The smallest absolute Gasteiger partial charge is 0.337 e. The predicted octanol–water partition coefficient (Wildman–Crippen LogP) is 4.42. The number of carbonyl (C=O) groups is 3. The Labute approximate surface area is 188 Å². The van der Waals surface area contributed by atoms with Gasteiger partial charge in [-0.05, 0) is 80.4 Å². The van der Waals surface area contributed by atoms with Gasteiger partial charge in [-0.3, -0.25) is 9.59 Å². The maximum atomic E-state index is 13.4. The van der Waals surface area contributed by atoms with Crippen LogP contribution in [0.25, 0.3) is 0 Å². The average molecular weight is 447 g/mol. The molecule has 4 aliphatic carbocycles. The second kappa shape index (κ2) is 8.45. The number of ether oxygens (including phenoxy) is 1. The van der Waals surface area contributed by atoms with Crippen molar-refractivity contribution in [2.75, 3.05) is 12.4 Å². The average Bonchev–Trinajstić information content (AvgIpc) is 2.71. The lowest BCUT2D eigenvalue weighted by Crippen LogP contribution is -2.57. The van der Waals surface area contributed by atoms with E-state index in [4.69, 9.17) is 16.3 Å². The molecule has 31 heavy (non-hydrogen) atoms. The number of carbonyl (C=O) groups excluding carboxylic acids is 3. The van der Waals surface area contributed by atoms with Crippen LogP contribution in [-0.2, 0) is 14.3 Å². The van der Waals surface area contributed by atoms with Crippen LogP contribution in [0.5, 0.6) is 0 Å². The summed E-state index contributed by atoms with van der Waals surface area (Å²) in [6.45, 7) is 3.83. The van der Waals surface area contributed by atoms with Gasteiger partial charge in [-0.25, -0.2) is 4.79 Å². The van der Waals surface area contributed by atoms with Crippen molar-refractivity contribution < 1.29 is 19.1 Å². The zero-order valence-corrected chi connectivity index (χ0v) is 19.1. The number of esters is 1. The summed E-state index contributed by atoms with van der Waals surface area (Å²) in [6.07, 6.45) is 6.62. The minimum absolute atomic E-state index is 0.0230. The van der Waals surface area contributed by atoms with Crippen molar-refractivity contribution in [1.29, 1.82) is 0 Å². The molecule has 1 aromatic carbocycles. The highest BCUT2D eigenvalue weighted by atomic mass is 35.5. The minimum atomic E-state index is -0.682. The third-order valence-electron chi connectivity index (χ3n) is 7.40. The molecule has 7 heteroatoms. The summed E-state index contributed by atoms with van der Waals surface area (Å²) in [5, 5.41) is 6.19. The van der Waals surface area contributed by atoms with Gasteiger partial charge in [-0.1, -0.05) is 25.4 Å². The second-order valence-electron chi connectivity index (χ2n) is 10.1. The Bertz CT molecular complexity index is 862. The van der Waals surface area contributed by atoms with E-state index in [9.17, 15) is 14.4 Å². The molecule has 1 unspecified atom stereocenters. The van der Waals surface area contributed by atoms with Crippen molar-refractivity contribution in [3.05, 3.63) is 28.8 Å². The molecule has 0 heterocycles. The van der Waals surface area contributed by atoms with Crippen molar-refractivity contribution >= 4 is 35.1 Å². The van der Waals surface area contributed by atoms with Crippen LogP contribution in [-0.4, -0.2) is 30.9 Å². The molecule has 1 aromatic rings. The SMILES string of the molecule is COC(=O)c1ccc(Cl)c(NC(=O)C(NC(=O)C23CC4CC(CC(C4)C2)C3)C(C)C)c1. The quantitative estimate of drug-likeness (QED) is 0.633. The van der Waals surface area contributed by atoms with E-state index in [-0.39, 0.29) is 23.1 Å². The van der Waals surface area contributed by atoms with E-state index >= 15 is 0 Å². The first kappa shape index (κ1) is 22.1. The molecular weight excluding hydrogens is 416 g/mol. The first-order valence-electron chi connectivity index (χ1n) is 11.2. The minimum Gasteiger partial charge on any atom is -0.465 e. The Hall–Kier alpha value is -2.08. The Balaban J connectivity index is 1.49. The topological polar surface area (TPSA) is 84.5 Å². The molecule has 4 fully saturated rings. The second-order valence-corrected chi connectivity index (χ2v) is 10.5. The zero-order valence-electron chi connectivity index (χ0n) is 18.4. The normalized spacial score (nSPS) is 29.5. The fourth-order valence-electron chi connectivity index (χ4n) is 6.29. The van der Waals surface area contributed by atoms with Crippen molar-refractivity contribution in [2.24, 2.45) is 29.1 Å². The lowest BCUT2D eigenvalue weighted by atomic mass is 9.49. The number of benzene rings is 1. The van der Waals surface area contributed by atoms with Gasteiger partial charge >= 0.3 is 5.97 Å². The molecule has 4 bridgehead atoms. The number of nitrogens with one attached hydrogen (secondary N) is 2. The highest BCUT2D eigenvalue weighted by Gasteiger charge is 2.55. The summed E-state index contributed by atoms with van der Waals surface area (Å²) in [4.78, 5) is 38.4. The number of hydrogen-bond acceptors (Lipinski definition) is 4. The van der Waals surface area contributed by atoms with Gasteiger partial charge in [-0.2, -0.15) is 0 Å². The lowest BCUT2D eigenvalue weighted by Gasteiger charge is -2.55. The maximum Gasteiger partial charge on any atom is 0.337 e. The third-order valence-corrected chi connectivity index (χ3v) is 7.73. The monoisotopic (exact) mass is 446 g/mol. The maximum absolute atomic E-state index is 13.4. The molecule has 0 aliphatic heterocycles. The van der Waals surface area contributed by atoms with E-state index in [0.29, 0.717) is 34.0 Å². The van der Waals surface area contributed by atoms with Crippen molar-refractivity contribution in [3.8, 4) is 0 Å². The van der Waals surface area contributed by atoms with Crippen LogP contribution in [0.2, 0.25) is 5.02 Å². The fraction of sp³-hybridized carbons (Fsp3) is 0.625. The summed E-state index contributed by atoms with van der Waals surface area (Å²) in [5.41, 5.74) is 0.301. The van der Waals surface area contributed by atoms with E-state index in [1.165, 1.54) is 32.4 Å². The molecule has 0 radical (unpaired) electrons. The summed E-state index contributed by atoms with van der Waals surface area (Å²) in [6, 6.07) is 3.89. The third kappa shape index (κ3) is 4.32. The number of hydrogen-bond donors (Lipinski definition) is 2. The van der Waals surface area contributed by atoms with E-state index in [0.717, 1.165) is 19.3 Å². The molecule has 0 saturated heterocycles. The van der Waals surface area contributed by atoms with Gasteiger partial charge < -0.3 is 15.4 Å². The van der Waals surface area contributed by atoms with Gasteiger partial charge in [-0.15, -0.1) is 0 Å². The fourth-order valence-corrected chi connectivity index (χ4v) is 6.46. The van der Waals surface area contributed by atoms with Crippen molar-refractivity contribution in [1.82, 2.24) is 5.32 Å². The number of methoxy groups -OCH3 is 1. The van der Waals surface area contributed by atoms with Gasteiger partial charge in [0.1, 0.15) is 6.04 Å². The van der Waals surface area contributed by atoms with E-state index in [2.05, 4.69) is 10.6 Å². The Morgan fingerprint density at radius 3 is 2.16 bits per heavy atom. The molecule has 6 nitrogen and oxygen atoms in total. The molecule has 168 valence electrons. The first-order chi connectivity index (χ1) is 14.7. The molecule has 4 aliphatic rings. The van der Waals surface area contributed by atoms with Gasteiger partial charge in [0.05, 0.1) is 23.4 Å². The van der Waals surface area contributed by atoms with E-state index in [1.54, 1.807) is 12.1 Å². The molecule has 4 saturated carbocycles. The highest BCUT2D eigenvalue weighted by Crippen LogP contribution is 2.60. The van der Waals surface area contributed by atoms with Gasteiger partial charge in [0.2, 0.25) is 11.8 Å². The van der Waals surface area contributed by atoms with Crippen LogP contribution in [0, 0.1) is 29.1 Å². The van der Waals surface area contributed by atoms with Crippen molar-refractivity contribution in [3.63, 3.8) is 0 Å². The van der Waals surface area contributed by atoms with Crippen LogP contribution in [0.1, 0.15) is 62.7 Å². The van der Waals surface area contributed by atoms with Crippen LogP contribution >= 0.6 is 11.6 Å². The molecule has 0 aromatic heterocycles. The summed E-state index contributed by atoms with van der Waals surface area (Å²) >= 11 is 6.23.